The van der Waals surface area contributed by atoms with Crippen LogP contribution in [0.1, 0.15) is 5.69 Å². The summed E-state index contributed by atoms with van der Waals surface area (Å²) in [6.07, 6.45) is -9.21. The van der Waals surface area contributed by atoms with Crippen molar-refractivity contribution >= 4 is 5.97 Å². The maximum absolute atomic E-state index is 12.3. The van der Waals surface area contributed by atoms with Crippen LogP contribution in [0.15, 0.2) is 12.3 Å². The van der Waals surface area contributed by atoms with E-state index in [1.54, 1.807) is 0 Å². The Labute approximate surface area is 95.8 Å². The van der Waals surface area contributed by atoms with Gasteiger partial charge in [0.15, 0.2) is 11.6 Å². The van der Waals surface area contributed by atoms with Gasteiger partial charge in [-0.25, -0.2) is 0 Å². The minimum Gasteiger partial charge on any atom is -0.481 e. The Morgan fingerprint density at radius 1 is 1.33 bits per heavy atom. The third-order valence-corrected chi connectivity index (χ3v) is 1.99. The summed E-state index contributed by atoms with van der Waals surface area (Å²) in [6, 6.07) is 0.468. The maximum Gasteiger partial charge on any atom is 0.435 e. The average Bonchev–Trinajstić information content (AvgIpc) is 2.58. The Hall–Kier alpha value is -1.74. The smallest absolute Gasteiger partial charge is 0.435 e. The van der Waals surface area contributed by atoms with Gasteiger partial charge in [-0.05, 0) is 6.07 Å². The molecule has 1 atom stereocenters. The molecule has 1 heterocycles. The Morgan fingerprint density at radius 3 is 2.22 bits per heavy atom. The van der Waals surface area contributed by atoms with E-state index in [0.717, 1.165) is 0 Å². The summed E-state index contributed by atoms with van der Waals surface area (Å²) >= 11 is 0. The van der Waals surface area contributed by atoms with Crippen LogP contribution in [0.4, 0.5) is 26.3 Å². The normalized spacial score (nSPS) is 14.6. The zero-order valence-corrected chi connectivity index (χ0v) is 8.46. The molecule has 0 aliphatic carbocycles. The first-order valence-corrected chi connectivity index (χ1v) is 4.42. The standard InChI is InChI=1S/C8H6F6N2O2/c9-7(10,11)4(6(17)18)3-16-2-1-5(15-16)8(12,13)14/h1-2,4H,3H2,(H,17,18). The number of nitrogens with zero attached hydrogens (tertiary/aromatic N) is 2. The molecule has 1 aromatic heterocycles. The summed E-state index contributed by atoms with van der Waals surface area (Å²) in [6.45, 7) is -1.21. The summed E-state index contributed by atoms with van der Waals surface area (Å²) in [4.78, 5) is 10.4. The molecule has 0 spiro atoms. The number of alkyl halides is 6. The lowest BCUT2D eigenvalue weighted by molar-refractivity contribution is -0.196. The molecule has 0 amide bonds. The Bertz CT molecular complexity index is 436. The van der Waals surface area contributed by atoms with Crippen molar-refractivity contribution in [3.8, 4) is 0 Å². The van der Waals surface area contributed by atoms with E-state index in [2.05, 4.69) is 5.10 Å². The molecule has 1 aromatic rings. The zero-order chi connectivity index (χ0) is 14.1. The van der Waals surface area contributed by atoms with Crippen molar-refractivity contribution in [3.63, 3.8) is 0 Å². The number of halogens is 6. The lowest BCUT2D eigenvalue weighted by Crippen LogP contribution is -2.34. The van der Waals surface area contributed by atoms with Crippen molar-refractivity contribution in [1.82, 2.24) is 9.78 Å². The van der Waals surface area contributed by atoms with Crippen LogP contribution in [-0.2, 0) is 17.5 Å². The van der Waals surface area contributed by atoms with Crippen LogP contribution in [0.2, 0.25) is 0 Å². The lowest BCUT2D eigenvalue weighted by Gasteiger charge is -2.15. The number of hydrogen-bond donors (Lipinski definition) is 1. The monoisotopic (exact) mass is 276 g/mol. The summed E-state index contributed by atoms with van der Waals surface area (Å²) in [5, 5.41) is 11.2. The first-order valence-electron chi connectivity index (χ1n) is 4.42. The Balaban J connectivity index is 2.90. The molecule has 0 aliphatic heterocycles. The van der Waals surface area contributed by atoms with Crippen molar-refractivity contribution < 1.29 is 36.2 Å². The highest BCUT2D eigenvalue weighted by molar-refractivity contribution is 5.70. The first-order chi connectivity index (χ1) is 8.01. The van der Waals surface area contributed by atoms with E-state index in [1.165, 1.54) is 0 Å². The van der Waals surface area contributed by atoms with E-state index in [0.29, 0.717) is 16.9 Å². The molecule has 1 unspecified atom stereocenters. The van der Waals surface area contributed by atoms with E-state index in [9.17, 15) is 31.1 Å². The lowest BCUT2D eigenvalue weighted by atomic mass is 10.1. The first kappa shape index (κ1) is 14.3. The molecule has 0 bridgehead atoms. The van der Waals surface area contributed by atoms with Gasteiger partial charge in [0.1, 0.15) is 0 Å². The van der Waals surface area contributed by atoms with E-state index in [-0.39, 0.29) is 0 Å². The number of aliphatic carboxylic acids is 1. The third-order valence-electron chi connectivity index (χ3n) is 1.99. The fraction of sp³-hybridized carbons (Fsp3) is 0.500. The van der Waals surface area contributed by atoms with Gasteiger partial charge in [0.2, 0.25) is 0 Å². The highest BCUT2D eigenvalue weighted by Crippen LogP contribution is 2.30. The topological polar surface area (TPSA) is 55.1 Å². The molecule has 10 heteroatoms. The maximum atomic E-state index is 12.3. The predicted octanol–water partition coefficient (Wildman–Crippen LogP) is 2.17. The van der Waals surface area contributed by atoms with Gasteiger partial charge in [0.25, 0.3) is 0 Å². The summed E-state index contributed by atoms with van der Waals surface area (Å²) in [5.74, 6) is -4.98. The van der Waals surface area contributed by atoms with Crippen molar-refractivity contribution in [1.29, 1.82) is 0 Å². The number of carbonyl (C=O) groups is 1. The Kier molecular flexibility index (Phi) is 3.58. The van der Waals surface area contributed by atoms with Crippen molar-refractivity contribution in [2.45, 2.75) is 18.9 Å². The van der Waals surface area contributed by atoms with Crippen LogP contribution in [-0.4, -0.2) is 27.0 Å². The molecule has 1 N–H and O–H groups in total. The van der Waals surface area contributed by atoms with E-state index in [1.807, 2.05) is 0 Å². The van der Waals surface area contributed by atoms with Crippen LogP contribution in [0.3, 0.4) is 0 Å². The SMILES string of the molecule is O=C(O)C(Cn1ccc(C(F)(F)F)n1)C(F)(F)F. The predicted molar refractivity (Wildman–Crippen MR) is 44.4 cm³/mol. The largest absolute Gasteiger partial charge is 0.481 e. The van der Waals surface area contributed by atoms with Gasteiger partial charge in [-0.3, -0.25) is 9.48 Å². The zero-order valence-electron chi connectivity index (χ0n) is 8.46. The highest BCUT2D eigenvalue weighted by atomic mass is 19.4. The van der Waals surface area contributed by atoms with Gasteiger partial charge in [-0.15, -0.1) is 0 Å². The average molecular weight is 276 g/mol. The second-order valence-electron chi connectivity index (χ2n) is 3.35. The summed E-state index contributed by atoms with van der Waals surface area (Å²) < 4.78 is 73.4. The molecule has 0 saturated carbocycles. The van der Waals surface area contributed by atoms with E-state index in [4.69, 9.17) is 5.11 Å². The molecule has 0 aromatic carbocycles. The second-order valence-corrected chi connectivity index (χ2v) is 3.35. The van der Waals surface area contributed by atoms with Gasteiger partial charge in [0, 0.05) is 6.20 Å². The van der Waals surface area contributed by atoms with Crippen LogP contribution >= 0.6 is 0 Å². The molecule has 0 radical (unpaired) electrons. The molecule has 4 nitrogen and oxygen atoms in total. The summed E-state index contributed by atoms with van der Waals surface area (Å²) in [7, 11) is 0. The number of aromatic nitrogens is 2. The van der Waals surface area contributed by atoms with Crippen LogP contribution in [0, 0.1) is 5.92 Å². The highest BCUT2D eigenvalue weighted by Gasteiger charge is 2.45. The van der Waals surface area contributed by atoms with Gasteiger partial charge in [-0.2, -0.15) is 31.4 Å². The quantitative estimate of drug-likeness (QED) is 0.861. The number of hydrogen-bond acceptors (Lipinski definition) is 2. The fourth-order valence-electron chi connectivity index (χ4n) is 1.12. The van der Waals surface area contributed by atoms with Gasteiger partial charge in [-0.1, -0.05) is 0 Å². The summed E-state index contributed by atoms with van der Waals surface area (Å²) in [5.41, 5.74) is -1.38. The second kappa shape index (κ2) is 4.50. The van der Waals surface area contributed by atoms with Crippen LogP contribution in [0.25, 0.3) is 0 Å². The number of carboxylic acids is 1. The Morgan fingerprint density at radius 2 is 1.89 bits per heavy atom. The molecule has 0 saturated heterocycles. The molecule has 0 aliphatic rings. The molecule has 1 rings (SSSR count). The minimum atomic E-state index is -5.06. The molecular formula is C8H6F6N2O2. The van der Waals surface area contributed by atoms with Crippen molar-refractivity contribution in [2.24, 2.45) is 5.92 Å². The fourth-order valence-corrected chi connectivity index (χ4v) is 1.12. The van der Waals surface area contributed by atoms with E-state index < -0.39 is 36.5 Å². The van der Waals surface area contributed by atoms with Gasteiger partial charge in [0.05, 0.1) is 6.54 Å². The van der Waals surface area contributed by atoms with Gasteiger partial charge < -0.3 is 5.11 Å². The van der Waals surface area contributed by atoms with Crippen LogP contribution < -0.4 is 0 Å². The van der Waals surface area contributed by atoms with E-state index >= 15 is 0 Å². The molecular weight excluding hydrogens is 270 g/mol. The van der Waals surface area contributed by atoms with Crippen molar-refractivity contribution in [2.75, 3.05) is 0 Å². The number of carboxylic acid groups (broad SMARTS) is 1. The molecule has 0 fully saturated rings. The van der Waals surface area contributed by atoms with Crippen LogP contribution in [0.5, 0.6) is 0 Å². The molecule has 18 heavy (non-hydrogen) atoms. The number of rotatable bonds is 3. The molecule has 102 valence electrons. The minimum absolute atomic E-state index is 0.301. The third kappa shape index (κ3) is 3.37. The van der Waals surface area contributed by atoms with Crippen molar-refractivity contribution in [3.05, 3.63) is 18.0 Å². The van der Waals surface area contributed by atoms with Gasteiger partial charge >= 0.3 is 18.3 Å².